The molecule has 0 unspecified atom stereocenters. The van der Waals surface area contributed by atoms with Gasteiger partial charge in [-0.05, 0) is 36.0 Å². The maximum atomic E-state index is 14.0. The van der Waals surface area contributed by atoms with Gasteiger partial charge in [-0.3, -0.25) is 24.6 Å². The van der Waals surface area contributed by atoms with Crippen molar-refractivity contribution in [3.8, 4) is 5.75 Å². The Bertz CT molecular complexity index is 1010. The largest absolute Gasteiger partial charge is 0.496 e. The molecule has 2 aromatic carbocycles. The van der Waals surface area contributed by atoms with Crippen LogP contribution >= 0.6 is 23.4 Å². The molecule has 1 saturated heterocycles. The summed E-state index contributed by atoms with van der Waals surface area (Å²) in [6.45, 7) is -0.320. The van der Waals surface area contributed by atoms with Gasteiger partial charge in [-0.25, -0.2) is 4.39 Å². The van der Waals surface area contributed by atoms with Gasteiger partial charge in [0.15, 0.2) is 0 Å². The zero-order valence-electron chi connectivity index (χ0n) is 14.3. The number of nitro groups is 1. The van der Waals surface area contributed by atoms with Gasteiger partial charge in [-0.1, -0.05) is 17.7 Å². The van der Waals surface area contributed by atoms with Crippen molar-refractivity contribution < 1.29 is 23.6 Å². The highest BCUT2D eigenvalue weighted by Crippen LogP contribution is 2.36. The number of nitrogens with zero attached hydrogens (tertiary/aromatic N) is 2. The SMILES string of the molecule is COc1ccc([N+](=O)[O-])cc1/C=C1\SC(=O)N(Cc2c(F)cccc2Cl)C1=O. The van der Waals surface area contributed by atoms with Crippen LogP contribution < -0.4 is 4.74 Å². The molecule has 0 saturated carbocycles. The summed E-state index contributed by atoms with van der Waals surface area (Å²) in [6, 6.07) is 7.96. The molecule has 1 aliphatic rings. The molecule has 0 spiro atoms. The molecular formula is C18H12ClFN2O5S. The van der Waals surface area contributed by atoms with Crippen LogP contribution in [0, 0.1) is 15.9 Å². The first-order chi connectivity index (χ1) is 13.3. The van der Waals surface area contributed by atoms with E-state index in [1.807, 2.05) is 0 Å². The number of methoxy groups -OCH3 is 1. The molecule has 10 heteroatoms. The average molecular weight is 423 g/mol. The van der Waals surface area contributed by atoms with Crippen LogP contribution in [0.4, 0.5) is 14.9 Å². The third-order valence-corrected chi connectivity index (χ3v) is 5.22. The van der Waals surface area contributed by atoms with Gasteiger partial charge in [0.25, 0.3) is 16.8 Å². The number of halogens is 2. The smallest absolute Gasteiger partial charge is 0.293 e. The summed E-state index contributed by atoms with van der Waals surface area (Å²) in [5, 5.41) is 10.5. The molecule has 0 bridgehead atoms. The summed E-state index contributed by atoms with van der Waals surface area (Å²) in [4.78, 5) is 36.2. The number of rotatable bonds is 5. The summed E-state index contributed by atoms with van der Waals surface area (Å²) in [6.07, 6.45) is 1.33. The maximum Gasteiger partial charge on any atom is 0.293 e. The van der Waals surface area contributed by atoms with E-state index in [1.54, 1.807) is 0 Å². The number of benzene rings is 2. The predicted molar refractivity (Wildman–Crippen MR) is 103 cm³/mol. The molecule has 0 atom stereocenters. The lowest BCUT2D eigenvalue weighted by Gasteiger charge is -2.14. The van der Waals surface area contributed by atoms with E-state index in [-0.39, 0.29) is 33.3 Å². The quantitative estimate of drug-likeness (QED) is 0.396. The average Bonchev–Trinajstić information content (AvgIpc) is 2.91. The highest BCUT2D eigenvalue weighted by atomic mass is 35.5. The van der Waals surface area contributed by atoms with Crippen molar-refractivity contribution in [2.75, 3.05) is 7.11 Å². The number of hydrogen-bond donors (Lipinski definition) is 0. The number of imide groups is 1. The molecule has 2 amide bonds. The Morgan fingerprint density at radius 3 is 2.71 bits per heavy atom. The number of nitro benzene ring substituents is 1. The zero-order valence-corrected chi connectivity index (χ0v) is 15.9. The van der Waals surface area contributed by atoms with Crippen molar-refractivity contribution in [3.63, 3.8) is 0 Å². The zero-order chi connectivity index (χ0) is 20.4. The Morgan fingerprint density at radius 2 is 2.07 bits per heavy atom. The lowest BCUT2D eigenvalue weighted by atomic mass is 10.1. The van der Waals surface area contributed by atoms with E-state index in [0.29, 0.717) is 17.5 Å². The fourth-order valence-electron chi connectivity index (χ4n) is 2.57. The van der Waals surface area contributed by atoms with Crippen molar-refractivity contribution in [2.24, 2.45) is 0 Å². The van der Waals surface area contributed by atoms with Gasteiger partial charge in [0.05, 0.1) is 23.5 Å². The molecule has 0 aromatic heterocycles. The van der Waals surface area contributed by atoms with Gasteiger partial charge < -0.3 is 4.74 Å². The lowest BCUT2D eigenvalue weighted by Crippen LogP contribution is -2.28. The predicted octanol–water partition coefficient (Wildman–Crippen LogP) is 4.63. The number of hydrogen-bond acceptors (Lipinski definition) is 6. The van der Waals surface area contributed by atoms with E-state index in [0.717, 1.165) is 4.90 Å². The van der Waals surface area contributed by atoms with E-state index >= 15 is 0 Å². The number of ether oxygens (including phenoxy) is 1. The summed E-state index contributed by atoms with van der Waals surface area (Å²) < 4.78 is 19.1. The summed E-state index contributed by atoms with van der Waals surface area (Å²) in [7, 11) is 1.38. The maximum absolute atomic E-state index is 14.0. The first-order valence-corrected chi connectivity index (χ1v) is 9.02. The molecule has 0 radical (unpaired) electrons. The van der Waals surface area contributed by atoms with Crippen LogP contribution in [0.3, 0.4) is 0 Å². The Hall–Kier alpha value is -2.91. The van der Waals surface area contributed by atoms with E-state index in [9.17, 15) is 24.1 Å². The van der Waals surface area contributed by atoms with Crippen LogP contribution in [0.15, 0.2) is 41.3 Å². The second-order valence-electron chi connectivity index (χ2n) is 5.65. The van der Waals surface area contributed by atoms with Crippen molar-refractivity contribution in [3.05, 3.63) is 73.4 Å². The Labute approximate surface area is 167 Å². The highest BCUT2D eigenvalue weighted by Gasteiger charge is 2.36. The minimum atomic E-state index is -0.650. The van der Waals surface area contributed by atoms with Crippen molar-refractivity contribution >= 4 is 46.3 Å². The van der Waals surface area contributed by atoms with Crippen LogP contribution in [-0.4, -0.2) is 28.1 Å². The van der Waals surface area contributed by atoms with Gasteiger partial charge in [-0.2, -0.15) is 0 Å². The van der Waals surface area contributed by atoms with E-state index in [2.05, 4.69) is 0 Å². The van der Waals surface area contributed by atoms with Crippen molar-refractivity contribution in [1.82, 2.24) is 4.90 Å². The van der Waals surface area contributed by atoms with Gasteiger partial charge in [0, 0.05) is 28.3 Å². The second-order valence-corrected chi connectivity index (χ2v) is 7.05. The summed E-state index contributed by atoms with van der Waals surface area (Å²) in [5.41, 5.74) is 0.108. The molecule has 1 heterocycles. The molecule has 1 fully saturated rings. The third kappa shape index (κ3) is 3.85. The summed E-state index contributed by atoms with van der Waals surface area (Å²) in [5.74, 6) is -0.978. The molecule has 2 aromatic rings. The third-order valence-electron chi connectivity index (χ3n) is 3.96. The van der Waals surface area contributed by atoms with Crippen LogP contribution in [0.2, 0.25) is 5.02 Å². The molecular weight excluding hydrogens is 411 g/mol. The fourth-order valence-corrected chi connectivity index (χ4v) is 3.62. The van der Waals surface area contributed by atoms with Crippen LogP contribution in [-0.2, 0) is 11.3 Å². The van der Waals surface area contributed by atoms with Gasteiger partial charge in [-0.15, -0.1) is 0 Å². The molecule has 144 valence electrons. The molecule has 28 heavy (non-hydrogen) atoms. The Kier molecular flexibility index (Phi) is 5.66. The molecule has 0 aliphatic carbocycles. The van der Waals surface area contributed by atoms with Gasteiger partial charge in [0.1, 0.15) is 11.6 Å². The van der Waals surface area contributed by atoms with Gasteiger partial charge in [0.2, 0.25) is 0 Å². The number of amides is 2. The lowest BCUT2D eigenvalue weighted by molar-refractivity contribution is -0.384. The minimum absolute atomic E-state index is 0.0284. The van der Waals surface area contributed by atoms with E-state index in [4.69, 9.17) is 16.3 Å². The molecule has 7 nitrogen and oxygen atoms in total. The number of non-ortho nitro benzene ring substituents is 1. The molecule has 0 N–H and O–H groups in total. The topological polar surface area (TPSA) is 89.8 Å². The molecule has 3 rings (SSSR count). The van der Waals surface area contributed by atoms with E-state index in [1.165, 1.54) is 49.6 Å². The Morgan fingerprint density at radius 1 is 1.32 bits per heavy atom. The van der Waals surface area contributed by atoms with Crippen molar-refractivity contribution in [1.29, 1.82) is 0 Å². The fraction of sp³-hybridized carbons (Fsp3) is 0.111. The van der Waals surface area contributed by atoms with Gasteiger partial charge >= 0.3 is 0 Å². The summed E-state index contributed by atoms with van der Waals surface area (Å²) >= 11 is 6.61. The van der Waals surface area contributed by atoms with E-state index < -0.39 is 21.9 Å². The normalized spacial score (nSPS) is 15.4. The standard InChI is InChI=1S/C18H12ClFN2O5S/c1-27-15-6-5-11(22(25)26)7-10(15)8-16-17(23)21(18(24)28-16)9-12-13(19)3-2-4-14(12)20/h2-8H,9H2,1H3/b16-8-. The monoisotopic (exact) mass is 422 g/mol. The second kappa shape index (κ2) is 7.99. The Balaban J connectivity index is 1.94. The number of carbonyl (C=O) groups excluding carboxylic acids is 2. The number of thioether (sulfide) groups is 1. The van der Waals surface area contributed by atoms with Crippen LogP contribution in [0.1, 0.15) is 11.1 Å². The first kappa shape index (κ1) is 19.8. The first-order valence-electron chi connectivity index (χ1n) is 7.82. The van der Waals surface area contributed by atoms with Crippen LogP contribution in [0.25, 0.3) is 6.08 Å². The number of carbonyl (C=O) groups is 2. The molecule has 1 aliphatic heterocycles. The minimum Gasteiger partial charge on any atom is -0.496 e. The highest BCUT2D eigenvalue weighted by molar-refractivity contribution is 8.18. The van der Waals surface area contributed by atoms with Crippen molar-refractivity contribution in [2.45, 2.75) is 6.54 Å². The van der Waals surface area contributed by atoms with Crippen LogP contribution in [0.5, 0.6) is 5.75 Å².